The van der Waals surface area contributed by atoms with Crippen LogP contribution in [0.15, 0.2) is 42.7 Å². The van der Waals surface area contributed by atoms with E-state index in [2.05, 4.69) is 20.9 Å². The number of carbonyl (C=O) groups is 3. The molecule has 10 heteroatoms. The zero-order chi connectivity index (χ0) is 24.1. The zero-order valence-corrected chi connectivity index (χ0v) is 18.9. The summed E-state index contributed by atoms with van der Waals surface area (Å²) in [6, 6.07) is 7.82. The number of aromatic nitrogens is 1. The van der Waals surface area contributed by atoms with E-state index in [1.807, 2.05) is 6.92 Å². The summed E-state index contributed by atoms with van der Waals surface area (Å²) in [5.74, 6) is -0.0682. The highest BCUT2D eigenvalue weighted by atomic mass is 16.5. The second kappa shape index (κ2) is 13.6. The first-order valence-electron chi connectivity index (χ1n) is 10.9. The molecular formula is C23H31N5O5. The topological polar surface area (TPSA) is 145 Å². The fraction of sp³-hybridized carbons (Fsp3) is 0.391. The van der Waals surface area contributed by atoms with Gasteiger partial charge in [0.1, 0.15) is 11.8 Å². The fourth-order valence-corrected chi connectivity index (χ4v) is 3.00. The average Bonchev–Trinajstić information content (AvgIpc) is 2.78. The van der Waals surface area contributed by atoms with E-state index in [-0.39, 0.29) is 18.9 Å². The number of anilines is 3. The van der Waals surface area contributed by atoms with Crippen LogP contribution in [0.1, 0.15) is 39.5 Å². The second-order valence-corrected chi connectivity index (χ2v) is 7.13. The number of carbonyl (C=O) groups excluding carboxylic acids is 3. The molecule has 0 bridgehead atoms. The van der Waals surface area contributed by atoms with Gasteiger partial charge in [-0.05, 0) is 38.8 Å². The molecule has 1 aromatic heterocycles. The number of benzene rings is 1. The standard InChI is InChI=1S/C23H31N5O5/c1-3-32-17-13-16(14-25-15-17)26-22(30)20(28-23(31)33-4-2)11-7-8-12-21(29)27-19-10-6-5-9-18(19)24/h5-6,9-10,13-15,20H,3-4,7-8,11-12,24H2,1-2H3,(H,26,30)(H,27,29)(H,28,31). The minimum absolute atomic E-state index is 0.175. The molecule has 178 valence electrons. The Balaban J connectivity index is 1.89. The van der Waals surface area contributed by atoms with E-state index >= 15 is 0 Å². The lowest BCUT2D eigenvalue weighted by Crippen LogP contribution is -2.44. The van der Waals surface area contributed by atoms with E-state index < -0.39 is 18.0 Å². The van der Waals surface area contributed by atoms with Crippen LogP contribution in [-0.4, -0.2) is 42.1 Å². The van der Waals surface area contributed by atoms with Crippen LogP contribution in [0.5, 0.6) is 5.75 Å². The Morgan fingerprint density at radius 3 is 2.58 bits per heavy atom. The van der Waals surface area contributed by atoms with Gasteiger partial charge in [0.15, 0.2) is 0 Å². The van der Waals surface area contributed by atoms with Crippen molar-refractivity contribution in [1.29, 1.82) is 0 Å². The molecule has 2 rings (SSSR count). The molecule has 5 N–H and O–H groups in total. The lowest BCUT2D eigenvalue weighted by atomic mass is 10.1. The Labute approximate surface area is 193 Å². The van der Waals surface area contributed by atoms with Gasteiger partial charge in [-0.15, -0.1) is 0 Å². The number of pyridine rings is 1. The van der Waals surface area contributed by atoms with E-state index in [0.717, 1.165) is 0 Å². The van der Waals surface area contributed by atoms with Crippen molar-refractivity contribution >= 4 is 35.0 Å². The van der Waals surface area contributed by atoms with Crippen molar-refractivity contribution in [2.75, 3.05) is 29.6 Å². The van der Waals surface area contributed by atoms with Gasteiger partial charge in [-0.1, -0.05) is 18.6 Å². The van der Waals surface area contributed by atoms with Gasteiger partial charge in [-0.2, -0.15) is 0 Å². The average molecular weight is 458 g/mol. The van der Waals surface area contributed by atoms with E-state index in [4.69, 9.17) is 15.2 Å². The molecule has 0 aliphatic carbocycles. The molecule has 1 heterocycles. The largest absolute Gasteiger partial charge is 0.492 e. The summed E-state index contributed by atoms with van der Waals surface area (Å²) in [4.78, 5) is 40.9. The predicted octanol–water partition coefficient (Wildman–Crippen LogP) is 3.31. The number of amides is 3. The third kappa shape index (κ3) is 9.06. The molecule has 10 nitrogen and oxygen atoms in total. The molecule has 0 spiro atoms. The van der Waals surface area contributed by atoms with Crippen LogP contribution in [0.2, 0.25) is 0 Å². The van der Waals surface area contributed by atoms with Crippen molar-refractivity contribution in [2.24, 2.45) is 0 Å². The van der Waals surface area contributed by atoms with Crippen LogP contribution in [0.4, 0.5) is 21.9 Å². The normalized spacial score (nSPS) is 11.2. The molecule has 1 atom stereocenters. The van der Waals surface area contributed by atoms with Gasteiger partial charge in [-0.25, -0.2) is 4.79 Å². The Kier molecular flexibility index (Phi) is 10.5. The molecule has 1 unspecified atom stereocenters. The van der Waals surface area contributed by atoms with Gasteiger partial charge < -0.3 is 31.2 Å². The molecule has 0 radical (unpaired) electrons. The van der Waals surface area contributed by atoms with Gasteiger partial charge in [0.2, 0.25) is 11.8 Å². The molecular weight excluding hydrogens is 426 g/mol. The molecule has 0 aliphatic heterocycles. The van der Waals surface area contributed by atoms with Crippen molar-refractivity contribution < 1.29 is 23.9 Å². The van der Waals surface area contributed by atoms with Crippen LogP contribution in [0.25, 0.3) is 0 Å². The minimum Gasteiger partial charge on any atom is -0.492 e. The highest BCUT2D eigenvalue weighted by molar-refractivity contribution is 5.96. The monoisotopic (exact) mass is 457 g/mol. The van der Waals surface area contributed by atoms with E-state index in [9.17, 15) is 14.4 Å². The van der Waals surface area contributed by atoms with E-state index in [1.54, 1.807) is 43.5 Å². The summed E-state index contributed by atoms with van der Waals surface area (Å²) in [5.41, 5.74) is 7.33. The summed E-state index contributed by atoms with van der Waals surface area (Å²) in [6.45, 7) is 4.18. The second-order valence-electron chi connectivity index (χ2n) is 7.13. The summed E-state index contributed by atoms with van der Waals surface area (Å²) >= 11 is 0. The number of nitrogens with two attached hydrogens (primary N) is 1. The number of nitrogen functional groups attached to an aromatic ring is 1. The maximum absolute atomic E-state index is 12.8. The SMILES string of the molecule is CCOC(=O)NC(CCCCC(=O)Nc1ccccc1N)C(=O)Nc1cncc(OCC)c1. The number of hydrogen-bond donors (Lipinski definition) is 4. The number of ether oxygens (including phenoxy) is 2. The van der Waals surface area contributed by atoms with Crippen molar-refractivity contribution in [2.45, 2.75) is 45.6 Å². The summed E-state index contributed by atoms with van der Waals surface area (Å²) < 4.78 is 10.3. The Morgan fingerprint density at radius 1 is 1.06 bits per heavy atom. The van der Waals surface area contributed by atoms with E-state index in [0.29, 0.717) is 48.7 Å². The van der Waals surface area contributed by atoms with Gasteiger partial charge in [-0.3, -0.25) is 14.6 Å². The summed E-state index contributed by atoms with van der Waals surface area (Å²) in [5, 5.41) is 8.07. The third-order valence-electron chi connectivity index (χ3n) is 4.56. The number of hydrogen-bond acceptors (Lipinski definition) is 7. The van der Waals surface area contributed by atoms with Crippen LogP contribution < -0.4 is 26.4 Å². The maximum atomic E-state index is 12.8. The number of nitrogens with zero attached hydrogens (tertiary/aromatic N) is 1. The lowest BCUT2D eigenvalue weighted by Gasteiger charge is -2.18. The lowest BCUT2D eigenvalue weighted by molar-refractivity contribution is -0.118. The van der Waals surface area contributed by atoms with Gasteiger partial charge in [0.05, 0.1) is 42.7 Å². The zero-order valence-electron chi connectivity index (χ0n) is 18.9. The molecule has 0 saturated heterocycles. The first-order valence-corrected chi connectivity index (χ1v) is 10.9. The Bertz CT molecular complexity index is 937. The van der Waals surface area contributed by atoms with E-state index in [1.165, 1.54) is 6.20 Å². The number of rotatable bonds is 12. The number of alkyl carbamates (subject to hydrolysis) is 1. The van der Waals surface area contributed by atoms with Crippen molar-refractivity contribution in [1.82, 2.24) is 10.3 Å². The van der Waals surface area contributed by atoms with Crippen molar-refractivity contribution in [3.8, 4) is 5.75 Å². The molecule has 3 amide bonds. The third-order valence-corrected chi connectivity index (χ3v) is 4.56. The molecule has 33 heavy (non-hydrogen) atoms. The molecule has 0 saturated carbocycles. The quantitative estimate of drug-likeness (QED) is 0.283. The summed E-state index contributed by atoms with van der Waals surface area (Å²) in [7, 11) is 0. The molecule has 2 aromatic rings. The van der Waals surface area contributed by atoms with Crippen LogP contribution in [-0.2, 0) is 14.3 Å². The van der Waals surface area contributed by atoms with Crippen LogP contribution in [0.3, 0.4) is 0 Å². The molecule has 0 fully saturated rings. The van der Waals surface area contributed by atoms with Gasteiger partial charge in [0.25, 0.3) is 0 Å². The van der Waals surface area contributed by atoms with Gasteiger partial charge in [0, 0.05) is 12.5 Å². The van der Waals surface area contributed by atoms with Crippen LogP contribution in [0, 0.1) is 0 Å². The Morgan fingerprint density at radius 2 is 1.85 bits per heavy atom. The minimum atomic E-state index is -0.840. The number of para-hydroxylation sites is 2. The number of nitrogens with one attached hydrogen (secondary N) is 3. The van der Waals surface area contributed by atoms with Crippen molar-refractivity contribution in [3.63, 3.8) is 0 Å². The highest BCUT2D eigenvalue weighted by Crippen LogP contribution is 2.18. The first-order chi connectivity index (χ1) is 15.9. The summed E-state index contributed by atoms with van der Waals surface area (Å²) in [6.07, 6.45) is 3.97. The van der Waals surface area contributed by atoms with Crippen molar-refractivity contribution in [3.05, 3.63) is 42.7 Å². The highest BCUT2D eigenvalue weighted by Gasteiger charge is 2.21. The maximum Gasteiger partial charge on any atom is 0.407 e. The Hall–Kier alpha value is -3.82. The number of unbranched alkanes of at least 4 members (excludes halogenated alkanes) is 1. The molecule has 1 aromatic carbocycles. The van der Waals surface area contributed by atoms with Gasteiger partial charge >= 0.3 is 6.09 Å². The predicted molar refractivity (Wildman–Crippen MR) is 126 cm³/mol. The smallest absolute Gasteiger partial charge is 0.407 e. The van der Waals surface area contributed by atoms with Crippen LogP contribution >= 0.6 is 0 Å². The first kappa shape index (κ1) is 25.4. The molecule has 0 aliphatic rings. The fourth-order valence-electron chi connectivity index (χ4n) is 3.00.